The van der Waals surface area contributed by atoms with E-state index < -0.39 is 11.5 Å². The molecule has 5 heteroatoms. The third-order valence-corrected chi connectivity index (χ3v) is 2.95. The maximum Gasteiger partial charge on any atom is 0.323 e. The Bertz CT molecular complexity index is 371. The molecular weight excluding hydrogens is 206 g/mol. The van der Waals surface area contributed by atoms with Gasteiger partial charge in [-0.2, -0.15) is 0 Å². The molecule has 0 aliphatic heterocycles. The second-order valence-corrected chi connectivity index (χ2v) is 4.33. The SMILES string of the molecule is CCN(Cc1nccn1C)C(C)(C)C(=O)O. The van der Waals surface area contributed by atoms with Crippen LogP contribution in [0.4, 0.5) is 0 Å². The van der Waals surface area contributed by atoms with Crippen molar-refractivity contribution < 1.29 is 9.90 Å². The first-order valence-electron chi connectivity index (χ1n) is 5.34. The average Bonchev–Trinajstić information content (AvgIpc) is 2.60. The van der Waals surface area contributed by atoms with Gasteiger partial charge >= 0.3 is 5.97 Å². The molecule has 0 saturated heterocycles. The van der Waals surface area contributed by atoms with Crippen LogP contribution in [0, 0.1) is 0 Å². The molecule has 0 aliphatic carbocycles. The van der Waals surface area contributed by atoms with Gasteiger partial charge in [0.15, 0.2) is 0 Å². The zero-order valence-electron chi connectivity index (χ0n) is 10.3. The maximum absolute atomic E-state index is 11.2. The molecule has 1 aromatic heterocycles. The van der Waals surface area contributed by atoms with Gasteiger partial charge in [0.2, 0.25) is 0 Å². The van der Waals surface area contributed by atoms with Crippen molar-refractivity contribution in [3.8, 4) is 0 Å². The van der Waals surface area contributed by atoms with Crippen LogP contribution in [0.3, 0.4) is 0 Å². The highest BCUT2D eigenvalue weighted by atomic mass is 16.4. The highest BCUT2D eigenvalue weighted by Crippen LogP contribution is 2.17. The lowest BCUT2D eigenvalue weighted by molar-refractivity contribution is -0.149. The molecule has 0 bridgehead atoms. The van der Waals surface area contributed by atoms with E-state index >= 15 is 0 Å². The van der Waals surface area contributed by atoms with Gasteiger partial charge in [0.25, 0.3) is 0 Å². The number of imidazole rings is 1. The number of hydrogen-bond donors (Lipinski definition) is 1. The van der Waals surface area contributed by atoms with E-state index in [4.69, 9.17) is 0 Å². The number of nitrogens with zero attached hydrogens (tertiary/aromatic N) is 3. The minimum atomic E-state index is -0.874. The van der Waals surface area contributed by atoms with E-state index in [0.29, 0.717) is 13.1 Å². The Labute approximate surface area is 95.7 Å². The minimum absolute atomic E-state index is 0.541. The number of aryl methyl sites for hydroxylation is 1. The topological polar surface area (TPSA) is 58.4 Å². The highest BCUT2D eigenvalue weighted by Gasteiger charge is 2.34. The lowest BCUT2D eigenvalue weighted by atomic mass is 10.0. The first-order chi connectivity index (χ1) is 7.39. The van der Waals surface area contributed by atoms with Crippen LogP contribution < -0.4 is 0 Å². The van der Waals surface area contributed by atoms with Crippen LogP contribution in [-0.2, 0) is 18.4 Å². The van der Waals surface area contributed by atoms with E-state index in [1.54, 1.807) is 20.0 Å². The second-order valence-electron chi connectivity index (χ2n) is 4.33. The predicted molar refractivity (Wildman–Crippen MR) is 61.0 cm³/mol. The van der Waals surface area contributed by atoms with Crippen LogP contribution >= 0.6 is 0 Å². The van der Waals surface area contributed by atoms with Crippen molar-refractivity contribution in [2.24, 2.45) is 7.05 Å². The molecular formula is C11H19N3O2. The van der Waals surface area contributed by atoms with Crippen LogP contribution in [0.1, 0.15) is 26.6 Å². The second kappa shape index (κ2) is 4.65. The number of rotatable bonds is 5. The average molecular weight is 225 g/mol. The van der Waals surface area contributed by atoms with E-state index in [2.05, 4.69) is 4.98 Å². The molecule has 0 amide bonds. The molecule has 90 valence electrons. The normalized spacial score (nSPS) is 12.1. The largest absolute Gasteiger partial charge is 0.480 e. The maximum atomic E-state index is 11.2. The highest BCUT2D eigenvalue weighted by molar-refractivity contribution is 5.77. The van der Waals surface area contributed by atoms with Gasteiger partial charge in [0.1, 0.15) is 11.4 Å². The van der Waals surface area contributed by atoms with Crippen molar-refractivity contribution in [1.82, 2.24) is 14.5 Å². The summed E-state index contributed by atoms with van der Waals surface area (Å²) >= 11 is 0. The quantitative estimate of drug-likeness (QED) is 0.815. The van der Waals surface area contributed by atoms with Crippen LogP contribution in [0.5, 0.6) is 0 Å². The third kappa shape index (κ3) is 2.41. The number of aliphatic carboxylic acids is 1. The number of aromatic nitrogens is 2. The fraction of sp³-hybridized carbons (Fsp3) is 0.636. The van der Waals surface area contributed by atoms with Crippen molar-refractivity contribution >= 4 is 5.97 Å². The van der Waals surface area contributed by atoms with Crippen molar-refractivity contribution in [2.45, 2.75) is 32.9 Å². The van der Waals surface area contributed by atoms with Gasteiger partial charge in [-0.25, -0.2) is 4.98 Å². The van der Waals surface area contributed by atoms with Gasteiger partial charge in [-0.05, 0) is 20.4 Å². The van der Waals surface area contributed by atoms with Crippen LogP contribution in [0.25, 0.3) is 0 Å². The lowest BCUT2D eigenvalue weighted by Crippen LogP contribution is -2.49. The first-order valence-corrected chi connectivity index (χ1v) is 5.34. The molecule has 1 heterocycles. The molecule has 0 unspecified atom stereocenters. The van der Waals surface area contributed by atoms with Gasteiger partial charge in [-0.3, -0.25) is 9.69 Å². The van der Waals surface area contributed by atoms with Crippen molar-refractivity contribution in [1.29, 1.82) is 0 Å². The van der Waals surface area contributed by atoms with Crippen LogP contribution in [-0.4, -0.2) is 37.6 Å². The Morgan fingerprint density at radius 3 is 2.62 bits per heavy atom. The standard InChI is InChI=1S/C11H19N3O2/c1-5-14(11(2,3)10(15)16)8-9-12-6-7-13(9)4/h6-7H,5,8H2,1-4H3,(H,15,16). The zero-order chi connectivity index (χ0) is 12.3. The molecule has 1 aromatic rings. The van der Waals surface area contributed by atoms with Gasteiger partial charge in [-0.15, -0.1) is 0 Å². The summed E-state index contributed by atoms with van der Waals surface area (Å²) in [4.78, 5) is 17.3. The van der Waals surface area contributed by atoms with Crippen LogP contribution in [0.15, 0.2) is 12.4 Å². The Morgan fingerprint density at radius 2 is 2.25 bits per heavy atom. The van der Waals surface area contributed by atoms with E-state index in [0.717, 1.165) is 5.82 Å². The van der Waals surface area contributed by atoms with E-state index in [1.165, 1.54) is 0 Å². The molecule has 16 heavy (non-hydrogen) atoms. The molecule has 5 nitrogen and oxygen atoms in total. The Balaban J connectivity index is 2.85. The summed E-state index contributed by atoms with van der Waals surface area (Å²) in [5.74, 6) is 0.0553. The zero-order valence-corrected chi connectivity index (χ0v) is 10.3. The molecule has 0 aliphatic rings. The van der Waals surface area contributed by atoms with Gasteiger partial charge in [-0.1, -0.05) is 6.92 Å². The predicted octanol–water partition coefficient (Wildman–Crippen LogP) is 1.11. The molecule has 0 radical (unpaired) electrons. The summed E-state index contributed by atoms with van der Waals surface area (Å²) in [7, 11) is 1.91. The molecule has 0 saturated carbocycles. The molecule has 1 rings (SSSR count). The van der Waals surface area contributed by atoms with Crippen LogP contribution in [0.2, 0.25) is 0 Å². The Kier molecular flexibility index (Phi) is 3.70. The number of likely N-dealkylation sites (N-methyl/N-ethyl adjacent to an activating group) is 1. The lowest BCUT2D eigenvalue weighted by Gasteiger charge is -2.33. The summed E-state index contributed by atoms with van der Waals surface area (Å²) in [6.07, 6.45) is 3.58. The van der Waals surface area contributed by atoms with Gasteiger partial charge in [0.05, 0.1) is 6.54 Å². The monoisotopic (exact) mass is 225 g/mol. The Hall–Kier alpha value is -1.36. The number of carboxylic acid groups (broad SMARTS) is 1. The smallest absolute Gasteiger partial charge is 0.323 e. The first kappa shape index (κ1) is 12.7. The summed E-state index contributed by atoms with van der Waals surface area (Å²) < 4.78 is 1.90. The molecule has 0 fully saturated rings. The molecule has 0 atom stereocenters. The van der Waals surface area contributed by atoms with Crippen molar-refractivity contribution in [2.75, 3.05) is 6.54 Å². The number of carbonyl (C=O) groups is 1. The fourth-order valence-corrected chi connectivity index (χ4v) is 1.56. The summed E-state index contributed by atoms with van der Waals surface area (Å²) in [5.41, 5.74) is -0.874. The minimum Gasteiger partial charge on any atom is -0.480 e. The van der Waals surface area contributed by atoms with Gasteiger partial charge in [0, 0.05) is 19.4 Å². The van der Waals surface area contributed by atoms with E-state index in [9.17, 15) is 9.90 Å². The van der Waals surface area contributed by atoms with Crippen molar-refractivity contribution in [3.05, 3.63) is 18.2 Å². The number of hydrogen-bond acceptors (Lipinski definition) is 3. The fourth-order valence-electron chi connectivity index (χ4n) is 1.56. The molecule has 0 spiro atoms. The third-order valence-electron chi connectivity index (χ3n) is 2.95. The number of carboxylic acids is 1. The summed E-state index contributed by atoms with van der Waals surface area (Å²) in [6.45, 7) is 6.59. The van der Waals surface area contributed by atoms with E-state index in [1.807, 2.05) is 29.6 Å². The summed E-state index contributed by atoms with van der Waals surface area (Å²) in [5, 5.41) is 9.17. The molecule has 0 aromatic carbocycles. The molecule has 1 N–H and O–H groups in total. The van der Waals surface area contributed by atoms with Gasteiger partial charge < -0.3 is 9.67 Å². The van der Waals surface area contributed by atoms with Crippen molar-refractivity contribution in [3.63, 3.8) is 0 Å². The van der Waals surface area contributed by atoms with E-state index in [-0.39, 0.29) is 0 Å². The summed E-state index contributed by atoms with van der Waals surface area (Å²) in [6, 6.07) is 0. The Morgan fingerprint density at radius 1 is 1.62 bits per heavy atom.